The Morgan fingerprint density at radius 1 is 1.30 bits per heavy atom. The van der Waals surface area contributed by atoms with Gasteiger partial charge in [0.05, 0.1) is 23.3 Å². The molecule has 0 saturated carbocycles. The molecule has 1 rings (SSSR count). The summed E-state index contributed by atoms with van der Waals surface area (Å²) in [7, 11) is -2.30. The summed E-state index contributed by atoms with van der Waals surface area (Å²) in [5.41, 5.74) is 0.0186. The number of esters is 1. The van der Waals surface area contributed by atoms with Crippen LogP contribution in [0.4, 0.5) is 0 Å². The van der Waals surface area contributed by atoms with E-state index in [2.05, 4.69) is 10.1 Å². The van der Waals surface area contributed by atoms with Crippen molar-refractivity contribution in [2.24, 2.45) is 0 Å². The second kappa shape index (κ2) is 6.51. The normalized spacial score (nSPS) is 12.6. The van der Waals surface area contributed by atoms with Crippen molar-refractivity contribution in [3.63, 3.8) is 0 Å². The Morgan fingerprint density at radius 2 is 1.90 bits per heavy atom. The summed E-state index contributed by atoms with van der Waals surface area (Å²) in [4.78, 5) is 23.3. The van der Waals surface area contributed by atoms with Gasteiger partial charge in [-0.15, -0.1) is 0 Å². The van der Waals surface area contributed by atoms with Crippen molar-refractivity contribution in [2.75, 3.05) is 12.9 Å². The fourth-order valence-corrected chi connectivity index (χ4v) is 2.68. The number of carbonyl (C=O) groups is 2. The molecular weight excluding hydrogens is 282 g/mol. The quantitative estimate of drug-likeness (QED) is 0.811. The van der Waals surface area contributed by atoms with Gasteiger partial charge in [-0.1, -0.05) is 19.1 Å². The average molecular weight is 299 g/mol. The highest BCUT2D eigenvalue weighted by Gasteiger charge is 2.23. The van der Waals surface area contributed by atoms with Crippen LogP contribution in [-0.4, -0.2) is 39.2 Å². The molecule has 1 aromatic rings. The van der Waals surface area contributed by atoms with Gasteiger partial charge in [0.25, 0.3) is 5.91 Å². The van der Waals surface area contributed by atoms with Crippen molar-refractivity contribution in [3.8, 4) is 0 Å². The van der Waals surface area contributed by atoms with Gasteiger partial charge in [0.1, 0.15) is 6.04 Å². The van der Waals surface area contributed by atoms with Crippen molar-refractivity contribution in [1.29, 1.82) is 0 Å². The summed E-state index contributed by atoms with van der Waals surface area (Å²) in [5, 5.41) is 2.41. The summed E-state index contributed by atoms with van der Waals surface area (Å²) in [6.45, 7) is 2.96. The van der Waals surface area contributed by atoms with Crippen molar-refractivity contribution in [2.45, 2.75) is 24.8 Å². The molecule has 0 spiro atoms. The Kier molecular flexibility index (Phi) is 5.26. The number of carbonyl (C=O) groups excluding carboxylic acids is 2. The van der Waals surface area contributed by atoms with E-state index in [4.69, 9.17) is 0 Å². The summed E-state index contributed by atoms with van der Waals surface area (Å²) in [5.74, 6) is -1.34. The van der Waals surface area contributed by atoms with Gasteiger partial charge in [0.15, 0.2) is 9.84 Å². The van der Waals surface area contributed by atoms with E-state index in [1.165, 1.54) is 33.1 Å². The standard InChI is InChI=1S/C13H17NO5S/c1-4-20(17,18)11-8-6-5-7-10(11)12(15)14-9(2)13(16)19-3/h5-9H,4H2,1-3H3,(H,14,15). The highest BCUT2D eigenvalue weighted by Crippen LogP contribution is 2.17. The van der Waals surface area contributed by atoms with E-state index in [1.54, 1.807) is 12.1 Å². The molecule has 110 valence electrons. The van der Waals surface area contributed by atoms with Gasteiger partial charge in [-0.3, -0.25) is 4.79 Å². The molecule has 0 aliphatic rings. The predicted octanol–water partition coefficient (Wildman–Crippen LogP) is 0.772. The molecule has 0 saturated heterocycles. The molecular formula is C13H17NO5S. The molecule has 1 amide bonds. The number of sulfone groups is 1. The molecule has 6 nitrogen and oxygen atoms in total. The van der Waals surface area contributed by atoms with Gasteiger partial charge >= 0.3 is 5.97 Å². The van der Waals surface area contributed by atoms with E-state index >= 15 is 0 Å². The molecule has 0 fully saturated rings. The zero-order chi connectivity index (χ0) is 15.3. The van der Waals surface area contributed by atoms with Crippen LogP contribution in [0.1, 0.15) is 24.2 Å². The molecule has 1 atom stereocenters. The minimum absolute atomic E-state index is 0.0186. The smallest absolute Gasteiger partial charge is 0.328 e. The van der Waals surface area contributed by atoms with E-state index in [0.29, 0.717) is 0 Å². The first-order chi connectivity index (χ1) is 9.33. The van der Waals surface area contributed by atoms with E-state index in [1.807, 2.05) is 0 Å². The van der Waals surface area contributed by atoms with Gasteiger partial charge in [0, 0.05) is 0 Å². The largest absolute Gasteiger partial charge is 0.467 e. The maximum Gasteiger partial charge on any atom is 0.328 e. The zero-order valence-corrected chi connectivity index (χ0v) is 12.4. The molecule has 0 radical (unpaired) electrons. The minimum Gasteiger partial charge on any atom is -0.467 e. The molecule has 1 N–H and O–H groups in total. The van der Waals surface area contributed by atoms with Crippen molar-refractivity contribution >= 4 is 21.7 Å². The van der Waals surface area contributed by atoms with Crippen LogP contribution in [0.3, 0.4) is 0 Å². The summed E-state index contributed by atoms with van der Waals surface area (Å²) in [6.07, 6.45) is 0. The monoisotopic (exact) mass is 299 g/mol. The molecule has 0 aromatic heterocycles. The van der Waals surface area contributed by atoms with Crippen LogP contribution in [0.25, 0.3) is 0 Å². The maximum absolute atomic E-state index is 12.1. The molecule has 0 aliphatic carbocycles. The molecule has 7 heteroatoms. The maximum atomic E-state index is 12.1. The minimum atomic E-state index is -3.51. The molecule has 0 bridgehead atoms. The molecule has 1 unspecified atom stereocenters. The summed E-state index contributed by atoms with van der Waals surface area (Å²) < 4.78 is 28.4. The first-order valence-corrected chi connectivity index (χ1v) is 7.69. The zero-order valence-electron chi connectivity index (χ0n) is 11.5. The Morgan fingerprint density at radius 3 is 2.45 bits per heavy atom. The van der Waals surface area contributed by atoms with Crippen molar-refractivity contribution < 1.29 is 22.7 Å². The number of methoxy groups -OCH3 is 1. The third-order valence-corrected chi connectivity index (χ3v) is 4.54. The lowest BCUT2D eigenvalue weighted by atomic mass is 10.2. The lowest BCUT2D eigenvalue weighted by Gasteiger charge is -2.13. The van der Waals surface area contributed by atoms with Gasteiger partial charge < -0.3 is 10.1 Å². The molecule has 0 heterocycles. The average Bonchev–Trinajstić information content (AvgIpc) is 2.46. The Hall–Kier alpha value is -1.89. The third kappa shape index (κ3) is 3.57. The fourth-order valence-electron chi connectivity index (χ4n) is 1.59. The third-order valence-electron chi connectivity index (χ3n) is 2.75. The summed E-state index contributed by atoms with van der Waals surface area (Å²) >= 11 is 0. The fraction of sp³-hybridized carbons (Fsp3) is 0.385. The number of amides is 1. The molecule has 0 aliphatic heterocycles. The number of nitrogens with one attached hydrogen (secondary N) is 1. The van der Waals surface area contributed by atoms with Crippen molar-refractivity contribution in [3.05, 3.63) is 29.8 Å². The second-order valence-electron chi connectivity index (χ2n) is 4.12. The van der Waals surface area contributed by atoms with Crippen LogP contribution in [0.2, 0.25) is 0 Å². The van der Waals surface area contributed by atoms with Crippen LogP contribution in [0, 0.1) is 0 Å². The Bertz CT molecular complexity index is 609. The van der Waals surface area contributed by atoms with E-state index in [0.717, 1.165) is 0 Å². The Balaban J connectivity index is 3.09. The number of rotatable bonds is 5. The Labute approximate surface area is 118 Å². The van der Waals surface area contributed by atoms with E-state index in [9.17, 15) is 18.0 Å². The summed E-state index contributed by atoms with van der Waals surface area (Å²) in [6, 6.07) is 5.03. The topological polar surface area (TPSA) is 89.5 Å². The predicted molar refractivity (Wildman–Crippen MR) is 73.1 cm³/mol. The van der Waals surface area contributed by atoms with Gasteiger partial charge in [-0.05, 0) is 19.1 Å². The molecule has 1 aromatic carbocycles. The lowest BCUT2D eigenvalue weighted by Crippen LogP contribution is -2.39. The first-order valence-electron chi connectivity index (χ1n) is 6.04. The molecule has 20 heavy (non-hydrogen) atoms. The lowest BCUT2D eigenvalue weighted by molar-refractivity contribution is -0.142. The first kappa shape index (κ1) is 16.2. The second-order valence-corrected chi connectivity index (χ2v) is 6.36. The van der Waals surface area contributed by atoms with Gasteiger partial charge in [0.2, 0.25) is 0 Å². The van der Waals surface area contributed by atoms with Crippen LogP contribution in [-0.2, 0) is 19.4 Å². The van der Waals surface area contributed by atoms with Crippen LogP contribution in [0.15, 0.2) is 29.2 Å². The number of hydrogen-bond acceptors (Lipinski definition) is 5. The van der Waals surface area contributed by atoms with E-state index in [-0.39, 0.29) is 16.2 Å². The number of hydrogen-bond donors (Lipinski definition) is 1. The van der Waals surface area contributed by atoms with Crippen LogP contribution in [0.5, 0.6) is 0 Å². The highest BCUT2D eigenvalue weighted by molar-refractivity contribution is 7.91. The van der Waals surface area contributed by atoms with E-state index < -0.39 is 27.8 Å². The number of benzene rings is 1. The number of ether oxygens (including phenoxy) is 1. The van der Waals surface area contributed by atoms with Gasteiger partial charge in [-0.2, -0.15) is 0 Å². The van der Waals surface area contributed by atoms with Crippen LogP contribution >= 0.6 is 0 Å². The van der Waals surface area contributed by atoms with Gasteiger partial charge in [-0.25, -0.2) is 13.2 Å². The SMILES string of the molecule is CCS(=O)(=O)c1ccccc1C(=O)NC(C)C(=O)OC. The van der Waals surface area contributed by atoms with Crippen molar-refractivity contribution in [1.82, 2.24) is 5.32 Å². The highest BCUT2D eigenvalue weighted by atomic mass is 32.2. The van der Waals surface area contributed by atoms with Crippen LogP contribution < -0.4 is 5.32 Å².